The summed E-state index contributed by atoms with van der Waals surface area (Å²) in [5.41, 5.74) is 1.02. The molecule has 4 rings (SSSR count). The molecule has 1 aromatic heterocycles. The van der Waals surface area contributed by atoms with Crippen LogP contribution >= 0.6 is 11.3 Å². The van der Waals surface area contributed by atoms with E-state index in [4.69, 9.17) is 9.47 Å². The van der Waals surface area contributed by atoms with Gasteiger partial charge in [-0.15, -0.1) is 11.3 Å². The maximum Gasteiger partial charge on any atom is 0.301 e. The maximum absolute atomic E-state index is 13.0. The van der Waals surface area contributed by atoms with Crippen molar-refractivity contribution >= 4 is 33.9 Å². The molecule has 0 radical (unpaired) electrons. The van der Waals surface area contributed by atoms with Gasteiger partial charge in [0.1, 0.15) is 5.76 Å². The van der Waals surface area contributed by atoms with Crippen LogP contribution in [0.2, 0.25) is 0 Å². The third-order valence-electron chi connectivity index (χ3n) is 4.84. The van der Waals surface area contributed by atoms with Gasteiger partial charge in [0.25, 0.3) is 5.78 Å². The van der Waals surface area contributed by atoms with E-state index in [2.05, 4.69) is 4.98 Å². The zero-order valence-corrected chi connectivity index (χ0v) is 17.1. The van der Waals surface area contributed by atoms with Gasteiger partial charge in [0.15, 0.2) is 16.6 Å². The molecule has 7 nitrogen and oxygen atoms in total. The Morgan fingerprint density at radius 2 is 1.80 bits per heavy atom. The van der Waals surface area contributed by atoms with Crippen molar-refractivity contribution in [3.63, 3.8) is 0 Å². The lowest BCUT2D eigenvalue weighted by Gasteiger charge is -2.23. The van der Waals surface area contributed by atoms with E-state index in [1.165, 1.54) is 30.5 Å². The van der Waals surface area contributed by atoms with E-state index in [9.17, 15) is 14.7 Å². The fourth-order valence-electron chi connectivity index (χ4n) is 3.45. The summed E-state index contributed by atoms with van der Waals surface area (Å²) in [5.74, 6) is -0.809. The zero-order chi connectivity index (χ0) is 21.3. The number of ether oxygens (including phenoxy) is 2. The molecule has 0 unspecified atom stereocenters. The van der Waals surface area contributed by atoms with Crippen molar-refractivity contribution in [2.24, 2.45) is 0 Å². The molecule has 2 heterocycles. The number of benzene rings is 2. The first-order valence-electron chi connectivity index (χ1n) is 9.04. The standard InChI is InChI=1S/C22H18N2O5S/c1-28-15-9-8-14(12-16(15)29-2)18-17(19(25)13-6-4-3-5-7-13)20(26)21(27)24(18)22-23-10-11-30-22/h3-12,18,25H,1-2H3/b19-17+/t18-/m0/s1. The number of thiazole rings is 1. The van der Waals surface area contributed by atoms with Gasteiger partial charge in [-0.3, -0.25) is 14.5 Å². The molecule has 0 spiro atoms. The molecule has 1 fully saturated rings. The smallest absolute Gasteiger partial charge is 0.301 e. The molecule has 0 saturated carbocycles. The first-order valence-corrected chi connectivity index (χ1v) is 9.92. The van der Waals surface area contributed by atoms with Crippen LogP contribution in [0.3, 0.4) is 0 Å². The van der Waals surface area contributed by atoms with Crippen molar-refractivity contribution in [1.82, 2.24) is 4.98 Å². The van der Waals surface area contributed by atoms with E-state index in [1.807, 2.05) is 0 Å². The average Bonchev–Trinajstić information content (AvgIpc) is 3.40. The van der Waals surface area contributed by atoms with Crippen LogP contribution in [0.1, 0.15) is 17.2 Å². The minimum atomic E-state index is -0.865. The summed E-state index contributed by atoms with van der Waals surface area (Å²) in [7, 11) is 3.03. The quantitative estimate of drug-likeness (QED) is 0.382. The van der Waals surface area contributed by atoms with E-state index in [-0.39, 0.29) is 11.3 Å². The van der Waals surface area contributed by atoms with E-state index >= 15 is 0 Å². The molecule has 0 aliphatic carbocycles. The Morgan fingerprint density at radius 1 is 1.07 bits per heavy atom. The molecule has 152 valence electrons. The summed E-state index contributed by atoms with van der Waals surface area (Å²) >= 11 is 1.23. The lowest BCUT2D eigenvalue weighted by Crippen LogP contribution is -2.29. The van der Waals surface area contributed by atoms with Gasteiger partial charge in [0.05, 0.1) is 25.8 Å². The molecular weight excluding hydrogens is 404 g/mol. The molecule has 8 heteroatoms. The van der Waals surface area contributed by atoms with Gasteiger partial charge in [-0.2, -0.15) is 0 Å². The number of methoxy groups -OCH3 is 2. The second-order valence-corrected chi connectivity index (χ2v) is 7.34. The first kappa shape index (κ1) is 19.7. The predicted octanol–water partition coefficient (Wildman–Crippen LogP) is 3.79. The van der Waals surface area contributed by atoms with Crippen LogP contribution in [-0.2, 0) is 9.59 Å². The topological polar surface area (TPSA) is 89.0 Å². The Bertz CT molecular complexity index is 1130. The highest BCUT2D eigenvalue weighted by Crippen LogP contribution is 2.44. The monoisotopic (exact) mass is 422 g/mol. The number of anilines is 1. The fourth-order valence-corrected chi connectivity index (χ4v) is 4.12. The molecule has 0 bridgehead atoms. The summed E-state index contributed by atoms with van der Waals surface area (Å²) in [4.78, 5) is 31.5. The number of aromatic nitrogens is 1. The minimum absolute atomic E-state index is 0.00591. The van der Waals surface area contributed by atoms with E-state index in [0.29, 0.717) is 27.8 Å². The van der Waals surface area contributed by atoms with E-state index in [1.54, 1.807) is 60.1 Å². The summed E-state index contributed by atoms with van der Waals surface area (Å²) in [6, 6.07) is 12.9. The molecular formula is C22H18N2O5S. The SMILES string of the molecule is COc1ccc([C@H]2/C(=C(\O)c3ccccc3)C(=O)C(=O)N2c2nccs2)cc1OC. The number of Topliss-reactive ketones (excluding diaryl/α,β-unsaturated/α-hetero) is 1. The Morgan fingerprint density at radius 3 is 2.43 bits per heavy atom. The fraction of sp³-hybridized carbons (Fsp3) is 0.136. The number of nitrogens with zero attached hydrogens (tertiary/aromatic N) is 2. The second-order valence-electron chi connectivity index (χ2n) is 6.46. The summed E-state index contributed by atoms with van der Waals surface area (Å²) in [6.45, 7) is 0. The van der Waals surface area contributed by atoms with Gasteiger partial charge in [0.2, 0.25) is 0 Å². The zero-order valence-electron chi connectivity index (χ0n) is 16.2. The molecule has 1 saturated heterocycles. The average molecular weight is 422 g/mol. The Labute approximate surface area is 176 Å². The predicted molar refractivity (Wildman–Crippen MR) is 113 cm³/mol. The van der Waals surface area contributed by atoms with Crippen molar-refractivity contribution in [1.29, 1.82) is 0 Å². The summed E-state index contributed by atoms with van der Waals surface area (Å²) < 4.78 is 10.7. The third kappa shape index (κ3) is 3.21. The summed E-state index contributed by atoms with van der Waals surface area (Å²) in [5, 5.41) is 13.1. The number of hydrogen-bond donors (Lipinski definition) is 1. The first-order chi connectivity index (χ1) is 14.6. The molecule has 30 heavy (non-hydrogen) atoms. The summed E-state index contributed by atoms with van der Waals surface area (Å²) in [6.07, 6.45) is 1.56. The number of ketones is 1. The minimum Gasteiger partial charge on any atom is -0.507 e. The Kier molecular flexibility index (Phi) is 5.24. The number of rotatable bonds is 5. The maximum atomic E-state index is 13.0. The van der Waals surface area contributed by atoms with Gasteiger partial charge < -0.3 is 14.6 Å². The highest BCUT2D eigenvalue weighted by molar-refractivity contribution is 7.14. The third-order valence-corrected chi connectivity index (χ3v) is 5.61. The Hall–Kier alpha value is -3.65. The van der Waals surface area contributed by atoms with Gasteiger partial charge in [-0.1, -0.05) is 36.4 Å². The van der Waals surface area contributed by atoms with Crippen molar-refractivity contribution in [3.8, 4) is 11.5 Å². The van der Waals surface area contributed by atoms with Gasteiger partial charge in [-0.05, 0) is 17.7 Å². The lowest BCUT2D eigenvalue weighted by atomic mass is 9.95. The van der Waals surface area contributed by atoms with E-state index < -0.39 is 17.7 Å². The van der Waals surface area contributed by atoms with Gasteiger partial charge in [-0.25, -0.2) is 4.98 Å². The highest BCUT2D eigenvalue weighted by Gasteiger charge is 2.48. The van der Waals surface area contributed by atoms with Crippen LogP contribution in [0.25, 0.3) is 5.76 Å². The van der Waals surface area contributed by atoms with E-state index in [0.717, 1.165) is 0 Å². The number of aliphatic hydroxyl groups excluding tert-OH is 1. The second kappa shape index (κ2) is 8.00. The lowest BCUT2D eigenvalue weighted by molar-refractivity contribution is -0.132. The van der Waals surface area contributed by atoms with Gasteiger partial charge >= 0.3 is 5.91 Å². The molecule has 1 N–H and O–H groups in total. The van der Waals surface area contributed by atoms with Crippen LogP contribution in [0.5, 0.6) is 11.5 Å². The van der Waals surface area contributed by atoms with Crippen LogP contribution in [0.4, 0.5) is 5.13 Å². The normalized spacial score (nSPS) is 17.9. The van der Waals surface area contributed by atoms with Crippen LogP contribution in [-0.4, -0.2) is 36.0 Å². The number of carbonyl (C=O) groups is 2. The molecule has 3 aromatic rings. The number of amides is 1. The number of carbonyl (C=O) groups excluding carboxylic acids is 2. The molecule has 1 atom stereocenters. The van der Waals surface area contributed by atoms with Crippen LogP contribution in [0.15, 0.2) is 65.7 Å². The molecule has 1 aliphatic heterocycles. The highest BCUT2D eigenvalue weighted by atomic mass is 32.1. The Balaban J connectivity index is 1.95. The van der Waals surface area contributed by atoms with Crippen molar-refractivity contribution < 1.29 is 24.2 Å². The molecule has 2 aromatic carbocycles. The van der Waals surface area contributed by atoms with Crippen molar-refractivity contribution in [2.45, 2.75) is 6.04 Å². The molecule has 1 amide bonds. The van der Waals surface area contributed by atoms with Crippen molar-refractivity contribution in [2.75, 3.05) is 19.1 Å². The van der Waals surface area contributed by atoms with Gasteiger partial charge in [0, 0.05) is 17.1 Å². The van der Waals surface area contributed by atoms with Crippen molar-refractivity contribution in [3.05, 3.63) is 76.8 Å². The largest absolute Gasteiger partial charge is 0.507 e. The number of hydrogen-bond acceptors (Lipinski definition) is 7. The van der Waals surface area contributed by atoms with Crippen LogP contribution in [0, 0.1) is 0 Å². The van der Waals surface area contributed by atoms with Crippen LogP contribution < -0.4 is 14.4 Å². The molecule has 1 aliphatic rings. The number of aliphatic hydroxyl groups is 1.